The lowest BCUT2D eigenvalue weighted by atomic mass is 9.90. The molecule has 0 spiro atoms. The average molecular weight is 1340 g/mol. The minimum atomic E-state index is -1.06. The van der Waals surface area contributed by atoms with Crippen LogP contribution in [0.5, 0.6) is 0 Å². The number of ether oxygens (including phenoxy) is 5. The van der Waals surface area contributed by atoms with Gasteiger partial charge in [0.15, 0.2) is 0 Å². The fourth-order valence-electron chi connectivity index (χ4n) is 11.8. The number of carbonyl (C=O) groups is 10. The van der Waals surface area contributed by atoms with Crippen LogP contribution in [0.4, 0.5) is 25.8 Å². The normalized spacial score (nSPS) is 15.9. The van der Waals surface area contributed by atoms with Crippen LogP contribution in [-0.2, 0) is 76.7 Å². The van der Waals surface area contributed by atoms with E-state index >= 15 is 0 Å². The van der Waals surface area contributed by atoms with Gasteiger partial charge in [0, 0.05) is 65.7 Å². The van der Waals surface area contributed by atoms with E-state index < -0.39 is 102 Å². The molecule has 8 N–H and O–H groups in total. The fourth-order valence-corrected chi connectivity index (χ4v) is 11.8. The molecule has 0 saturated carbocycles. The Balaban J connectivity index is 1.30. The summed E-state index contributed by atoms with van der Waals surface area (Å²) in [5.74, 6) is -4.38. The first-order valence-electron chi connectivity index (χ1n) is 33.1. The number of methoxy groups -OCH3 is 3. The van der Waals surface area contributed by atoms with Crippen molar-refractivity contribution in [3.05, 3.63) is 95.6 Å². The molecule has 0 aromatic heterocycles. The highest BCUT2D eigenvalue weighted by atomic mass is 16.6. The summed E-state index contributed by atoms with van der Waals surface area (Å²) in [6.07, 6.45) is 0.279. The second-order valence-corrected chi connectivity index (χ2v) is 26.4. The van der Waals surface area contributed by atoms with Crippen molar-refractivity contribution >= 4 is 71.0 Å². The summed E-state index contributed by atoms with van der Waals surface area (Å²) < 4.78 is 28.0. The number of amides is 10. The molecule has 3 aromatic rings. The number of likely N-dealkylation sites (tertiary alicyclic amines) is 1. The van der Waals surface area contributed by atoms with Crippen LogP contribution in [0.2, 0.25) is 0 Å². The van der Waals surface area contributed by atoms with Gasteiger partial charge in [0.25, 0.3) is 0 Å². The molecule has 1 heterocycles. The van der Waals surface area contributed by atoms with E-state index in [9.17, 15) is 47.9 Å². The van der Waals surface area contributed by atoms with Crippen molar-refractivity contribution in [2.45, 2.75) is 181 Å². The fraction of sp³-hybridized carbons (Fsp3) is 0.600. The average Bonchev–Trinajstić information content (AvgIpc) is 1.59. The smallest absolute Gasteiger partial charge is 0.414 e. The van der Waals surface area contributed by atoms with E-state index in [0.29, 0.717) is 62.1 Å². The predicted octanol–water partition coefficient (Wildman–Crippen LogP) is 6.32. The first kappa shape index (κ1) is 80.1. The Hall–Kier alpha value is -8.36. The number of nitrogens with one attached hydrogen (secondary N) is 6. The largest absolute Gasteiger partial charge is 0.467 e. The topological polar surface area (TPSA) is 328 Å². The Morgan fingerprint density at radius 3 is 1.93 bits per heavy atom. The second-order valence-electron chi connectivity index (χ2n) is 26.4. The van der Waals surface area contributed by atoms with Gasteiger partial charge in [-0.2, -0.15) is 0 Å². The highest BCUT2D eigenvalue weighted by Crippen LogP contribution is 2.30. The molecule has 10 unspecified atom stereocenters. The van der Waals surface area contributed by atoms with Crippen LogP contribution < -0.4 is 42.5 Å². The first-order valence-corrected chi connectivity index (χ1v) is 33.1. The zero-order valence-corrected chi connectivity index (χ0v) is 59.1. The number of hydrogen-bond donors (Lipinski definition) is 7. The molecular formula is C70H107N11O15. The minimum absolute atomic E-state index is 0.0568. The molecule has 1 aliphatic heterocycles. The standard InChI is InChI=1S/C70H107N11O15/c1-17-45(6)60(55(92-14)40-56(82)81-37-22-26-54(81)61(93-15)46(7)62(84)76-53(66(88)94-16)39-48-23-19-18-20-24-48)80(13)57(83)41-73-65(87)59(44(4)5)78(11)38-35-47-29-33-51(34-30-47)79(12)69(91)95-42-49-27-31-50(32-28-49)74-63(85)52(25-21-36-72-67(71)89)75-64(86)58(43(2)3)77-68(90)96-70(8,9)10/h18-20,23-24,27-34,43-46,52-55,58-61H,17,21-22,25-26,35-42H2,1-16H3,(H,73,87)(H,74,85)(H,75,86)(H,76,84)(H,77,90)(H3,71,72,89). The van der Waals surface area contributed by atoms with Crippen molar-refractivity contribution in [3.63, 3.8) is 0 Å². The number of hydrogen-bond acceptors (Lipinski definition) is 16. The number of esters is 1. The van der Waals surface area contributed by atoms with E-state index in [-0.39, 0.29) is 74.4 Å². The summed E-state index contributed by atoms with van der Waals surface area (Å²) in [5, 5.41) is 16.3. The summed E-state index contributed by atoms with van der Waals surface area (Å²) in [5.41, 5.74) is 7.81. The predicted molar refractivity (Wildman–Crippen MR) is 365 cm³/mol. The van der Waals surface area contributed by atoms with Crippen molar-refractivity contribution in [2.75, 3.05) is 78.9 Å². The molecule has 0 aliphatic carbocycles. The third-order valence-corrected chi connectivity index (χ3v) is 17.3. The van der Waals surface area contributed by atoms with Gasteiger partial charge < -0.3 is 71.1 Å². The molecule has 26 nitrogen and oxygen atoms in total. The van der Waals surface area contributed by atoms with Gasteiger partial charge in [-0.15, -0.1) is 0 Å². The highest BCUT2D eigenvalue weighted by molar-refractivity contribution is 5.98. The van der Waals surface area contributed by atoms with Crippen molar-refractivity contribution in [1.29, 1.82) is 0 Å². The number of rotatable bonds is 36. The quantitative estimate of drug-likeness (QED) is 0.0190. The number of nitrogens with two attached hydrogens (primary N) is 1. The number of likely N-dealkylation sites (N-methyl/N-ethyl adjacent to an activating group) is 2. The lowest BCUT2D eigenvalue weighted by Gasteiger charge is -2.39. The number of urea groups is 1. The maximum Gasteiger partial charge on any atom is 0.414 e. The van der Waals surface area contributed by atoms with Gasteiger partial charge in [-0.1, -0.05) is 109 Å². The van der Waals surface area contributed by atoms with E-state index in [1.807, 2.05) is 82.1 Å². The zero-order chi connectivity index (χ0) is 71.6. The number of benzene rings is 3. The highest BCUT2D eigenvalue weighted by Gasteiger charge is 2.43. The van der Waals surface area contributed by atoms with Crippen molar-refractivity contribution in [1.82, 2.24) is 41.3 Å². The lowest BCUT2D eigenvalue weighted by molar-refractivity contribution is -0.148. The Bertz CT molecular complexity index is 3020. The third kappa shape index (κ3) is 25.0. The summed E-state index contributed by atoms with van der Waals surface area (Å²) in [4.78, 5) is 140. The van der Waals surface area contributed by atoms with Crippen molar-refractivity contribution < 1.29 is 71.6 Å². The van der Waals surface area contributed by atoms with Crippen LogP contribution in [-0.4, -0.2) is 197 Å². The minimum Gasteiger partial charge on any atom is -0.467 e. The van der Waals surface area contributed by atoms with Crippen LogP contribution >= 0.6 is 0 Å². The van der Waals surface area contributed by atoms with Gasteiger partial charge in [-0.05, 0) is 119 Å². The van der Waals surface area contributed by atoms with Gasteiger partial charge in [-0.25, -0.2) is 19.2 Å². The SMILES string of the molecule is CCC(C)C(C(CC(=O)N1CCCC1C(OC)C(C)C(=O)NC(Cc1ccccc1)C(=O)OC)OC)N(C)C(=O)CNC(=O)C(C(C)C)N(C)CCc1ccc(N(C)C(=O)OCc2ccc(NC(=O)C(CCCNC(N)=O)NC(=O)C(NC(=O)OC(C)(C)C)C(C)C)cc2)cc1. The van der Waals surface area contributed by atoms with E-state index in [1.165, 1.54) is 26.2 Å². The maximum absolute atomic E-state index is 14.4. The number of alkyl carbamates (subject to hydrolysis) is 1. The van der Waals surface area contributed by atoms with E-state index in [4.69, 9.17) is 29.4 Å². The molecule has 0 bridgehead atoms. The van der Waals surface area contributed by atoms with Crippen LogP contribution in [0, 0.1) is 23.7 Å². The van der Waals surface area contributed by atoms with Crippen LogP contribution in [0.25, 0.3) is 0 Å². The molecule has 96 heavy (non-hydrogen) atoms. The van der Waals surface area contributed by atoms with Crippen LogP contribution in [0.1, 0.15) is 124 Å². The Kier molecular flexibility index (Phi) is 32.5. The van der Waals surface area contributed by atoms with Gasteiger partial charge in [-0.3, -0.25) is 38.6 Å². The summed E-state index contributed by atoms with van der Waals surface area (Å²) in [7, 11) is 9.40. The molecule has 1 aliphatic rings. The van der Waals surface area contributed by atoms with Gasteiger partial charge in [0.05, 0.1) is 56.3 Å². The molecule has 10 atom stereocenters. The molecule has 1 fully saturated rings. The van der Waals surface area contributed by atoms with Gasteiger partial charge >= 0.3 is 24.2 Å². The molecule has 3 aromatic carbocycles. The summed E-state index contributed by atoms with van der Waals surface area (Å²) in [6.45, 7) is 18.9. The first-order chi connectivity index (χ1) is 45.3. The van der Waals surface area contributed by atoms with Crippen LogP contribution in [0.3, 0.4) is 0 Å². The Morgan fingerprint density at radius 2 is 1.35 bits per heavy atom. The zero-order valence-electron chi connectivity index (χ0n) is 59.1. The molecule has 1 saturated heterocycles. The monoisotopic (exact) mass is 1340 g/mol. The Labute approximate surface area is 566 Å². The molecule has 10 amide bonds. The molecule has 4 rings (SSSR count). The number of nitrogens with zero attached hydrogens (tertiary/aromatic N) is 4. The van der Waals surface area contributed by atoms with Crippen molar-refractivity contribution in [2.24, 2.45) is 29.4 Å². The summed E-state index contributed by atoms with van der Waals surface area (Å²) >= 11 is 0. The Morgan fingerprint density at radius 1 is 0.719 bits per heavy atom. The van der Waals surface area contributed by atoms with Gasteiger partial charge in [0.1, 0.15) is 30.3 Å². The molecule has 26 heteroatoms. The van der Waals surface area contributed by atoms with E-state index in [2.05, 4.69) is 31.9 Å². The summed E-state index contributed by atoms with van der Waals surface area (Å²) in [6, 6.07) is 18.0. The van der Waals surface area contributed by atoms with Crippen LogP contribution in [0.15, 0.2) is 78.9 Å². The lowest BCUT2D eigenvalue weighted by Crippen LogP contribution is -2.55. The molecular weight excluding hydrogens is 1230 g/mol. The number of primary amides is 1. The maximum atomic E-state index is 14.4. The van der Waals surface area contributed by atoms with E-state index in [1.54, 1.807) is 102 Å². The van der Waals surface area contributed by atoms with E-state index in [0.717, 1.165) is 11.1 Å². The number of anilines is 2. The number of carbonyl (C=O) groups excluding carboxylic acids is 10. The van der Waals surface area contributed by atoms with Crippen molar-refractivity contribution in [3.8, 4) is 0 Å². The third-order valence-electron chi connectivity index (χ3n) is 17.3. The molecule has 532 valence electrons. The van der Waals surface area contributed by atoms with Gasteiger partial charge in [0.2, 0.25) is 35.4 Å². The second kappa shape index (κ2) is 39.0. The molecule has 0 radical (unpaired) electrons.